The van der Waals surface area contributed by atoms with Crippen LogP contribution in [0.1, 0.15) is 42.0 Å². The molecule has 1 aliphatic rings. The molecule has 0 nitrogen and oxygen atoms in total. The predicted octanol–water partition coefficient (Wildman–Crippen LogP) is 3.02. The van der Waals surface area contributed by atoms with E-state index in [-0.39, 0.29) is 0 Å². The number of hydrogen-bond acceptors (Lipinski definition) is 0. The summed E-state index contributed by atoms with van der Waals surface area (Å²) < 4.78 is 0. The Morgan fingerprint density at radius 3 is 2.64 bits per heavy atom. The smallest absolute Gasteiger partial charge is 0.00697 e. The maximum Gasteiger partial charge on any atom is 0.00697 e. The average molecular weight is 146 g/mol. The zero-order valence-corrected chi connectivity index (χ0v) is 7.44. The van der Waals surface area contributed by atoms with Gasteiger partial charge in [0.05, 0.1) is 0 Å². The van der Waals surface area contributed by atoms with Crippen molar-refractivity contribution in [3.63, 3.8) is 0 Å². The van der Waals surface area contributed by atoms with Crippen LogP contribution >= 0.6 is 0 Å². The Hall–Kier alpha value is -0.780. The monoisotopic (exact) mass is 146 g/mol. The summed E-state index contributed by atoms with van der Waals surface area (Å²) >= 11 is 0. The van der Waals surface area contributed by atoms with Crippen molar-refractivity contribution in [2.45, 2.75) is 33.1 Å². The maximum absolute atomic E-state index is 2.35. The molecule has 0 radical (unpaired) electrons. The zero-order valence-electron chi connectivity index (χ0n) is 7.44. The van der Waals surface area contributed by atoms with Crippen molar-refractivity contribution in [2.24, 2.45) is 0 Å². The van der Waals surface area contributed by atoms with Crippen molar-refractivity contribution in [3.05, 3.63) is 34.4 Å². The van der Waals surface area contributed by atoms with Crippen LogP contribution in [0.3, 0.4) is 0 Å². The van der Waals surface area contributed by atoms with Gasteiger partial charge >= 0.3 is 0 Å². The molecule has 0 aromatic heterocycles. The Kier molecular flexibility index (Phi) is 1.32. The first-order valence-electron chi connectivity index (χ1n) is 4.37. The van der Waals surface area contributed by atoms with Gasteiger partial charge in [-0.25, -0.2) is 0 Å². The SMILES string of the molecule is CCc1cc(C)c2c(c1)[C@@H]2C. The highest BCUT2D eigenvalue weighted by Crippen LogP contribution is 2.45. The Morgan fingerprint density at radius 1 is 1.36 bits per heavy atom. The predicted molar refractivity (Wildman–Crippen MR) is 48.1 cm³/mol. The minimum absolute atomic E-state index is 0.760. The second-order valence-corrected chi connectivity index (χ2v) is 3.49. The average Bonchev–Trinajstić information content (AvgIpc) is 2.63. The molecule has 0 amide bonds. The van der Waals surface area contributed by atoms with Crippen LogP contribution in [0.5, 0.6) is 0 Å². The van der Waals surface area contributed by atoms with Gasteiger partial charge in [0, 0.05) is 5.92 Å². The largest absolute Gasteiger partial charge is 0.0613 e. The van der Waals surface area contributed by atoms with Crippen LogP contribution in [0.2, 0.25) is 0 Å². The fraction of sp³-hybridized carbons (Fsp3) is 0.455. The lowest BCUT2D eigenvalue weighted by Crippen LogP contribution is -1.79. The highest BCUT2D eigenvalue weighted by Gasteiger charge is 2.29. The first-order chi connectivity index (χ1) is 5.24. The molecule has 0 bridgehead atoms. The highest BCUT2D eigenvalue weighted by molar-refractivity contribution is 5.57. The quantitative estimate of drug-likeness (QED) is 0.571. The van der Waals surface area contributed by atoms with Crippen LogP contribution in [0.15, 0.2) is 12.1 Å². The van der Waals surface area contributed by atoms with Crippen LogP contribution in [0, 0.1) is 6.92 Å². The maximum atomic E-state index is 2.35. The molecule has 0 aliphatic heterocycles. The topological polar surface area (TPSA) is 0 Å². The molecule has 0 heterocycles. The van der Waals surface area contributed by atoms with Gasteiger partial charge in [-0.05, 0) is 35.6 Å². The third-order valence-corrected chi connectivity index (χ3v) is 2.70. The normalized spacial score (nSPS) is 19.7. The molecule has 0 heteroatoms. The van der Waals surface area contributed by atoms with Crippen molar-refractivity contribution in [2.75, 3.05) is 0 Å². The van der Waals surface area contributed by atoms with Crippen LogP contribution in [-0.4, -0.2) is 0 Å². The molecular weight excluding hydrogens is 132 g/mol. The molecule has 0 saturated heterocycles. The molecule has 0 N–H and O–H groups in total. The molecule has 0 fully saturated rings. The summed E-state index contributed by atoms with van der Waals surface area (Å²) in [6, 6.07) is 4.68. The molecule has 1 atom stereocenters. The first kappa shape index (κ1) is 6.90. The second kappa shape index (κ2) is 2.10. The van der Waals surface area contributed by atoms with Gasteiger partial charge in [0.1, 0.15) is 0 Å². The van der Waals surface area contributed by atoms with Gasteiger partial charge in [0.2, 0.25) is 0 Å². The van der Waals surface area contributed by atoms with E-state index in [0.29, 0.717) is 0 Å². The van der Waals surface area contributed by atoms with E-state index < -0.39 is 0 Å². The van der Waals surface area contributed by atoms with E-state index >= 15 is 0 Å². The van der Waals surface area contributed by atoms with Crippen molar-refractivity contribution in [1.29, 1.82) is 0 Å². The van der Waals surface area contributed by atoms with Crippen molar-refractivity contribution in [1.82, 2.24) is 0 Å². The van der Waals surface area contributed by atoms with E-state index in [0.717, 1.165) is 5.92 Å². The van der Waals surface area contributed by atoms with E-state index in [2.05, 4.69) is 32.9 Å². The Balaban J connectivity index is 2.49. The van der Waals surface area contributed by atoms with E-state index in [4.69, 9.17) is 0 Å². The van der Waals surface area contributed by atoms with Crippen LogP contribution < -0.4 is 0 Å². The molecular formula is C11H14. The number of fused-ring (bicyclic) bond motifs is 1. The summed E-state index contributed by atoms with van der Waals surface area (Å²) in [6.45, 7) is 6.73. The third-order valence-electron chi connectivity index (χ3n) is 2.70. The summed E-state index contributed by atoms with van der Waals surface area (Å²) in [4.78, 5) is 0. The molecule has 1 aliphatic carbocycles. The van der Waals surface area contributed by atoms with Crippen molar-refractivity contribution in [3.8, 4) is 0 Å². The summed E-state index contributed by atoms with van der Waals surface area (Å²) in [5.74, 6) is 0.760. The molecule has 0 saturated carbocycles. The number of rotatable bonds is 1. The summed E-state index contributed by atoms with van der Waals surface area (Å²) in [5.41, 5.74) is 6.17. The van der Waals surface area contributed by atoms with Crippen LogP contribution in [0.4, 0.5) is 0 Å². The first-order valence-corrected chi connectivity index (χ1v) is 4.37. The van der Waals surface area contributed by atoms with Gasteiger partial charge in [0.15, 0.2) is 0 Å². The minimum Gasteiger partial charge on any atom is -0.0613 e. The Morgan fingerprint density at radius 2 is 2.09 bits per heavy atom. The lowest BCUT2D eigenvalue weighted by Gasteiger charge is -1.94. The summed E-state index contributed by atoms with van der Waals surface area (Å²) in [6.07, 6.45) is 1.17. The Labute approximate surface area is 68.3 Å². The fourth-order valence-electron chi connectivity index (χ4n) is 1.93. The van der Waals surface area contributed by atoms with Gasteiger partial charge in [-0.2, -0.15) is 0 Å². The van der Waals surface area contributed by atoms with Crippen LogP contribution in [-0.2, 0) is 6.42 Å². The summed E-state index contributed by atoms with van der Waals surface area (Å²) in [5, 5.41) is 0. The van der Waals surface area contributed by atoms with Gasteiger partial charge < -0.3 is 0 Å². The van der Waals surface area contributed by atoms with E-state index in [9.17, 15) is 0 Å². The third kappa shape index (κ3) is 0.891. The van der Waals surface area contributed by atoms with Gasteiger partial charge in [-0.15, -0.1) is 0 Å². The molecule has 11 heavy (non-hydrogen) atoms. The van der Waals surface area contributed by atoms with E-state index in [1.807, 2.05) is 0 Å². The van der Waals surface area contributed by atoms with Crippen molar-refractivity contribution >= 4 is 0 Å². The molecule has 0 unspecified atom stereocenters. The van der Waals surface area contributed by atoms with Gasteiger partial charge in [-0.3, -0.25) is 0 Å². The zero-order chi connectivity index (χ0) is 8.01. The second-order valence-electron chi connectivity index (χ2n) is 3.49. The van der Waals surface area contributed by atoms with Gasteiger partial charge in [-0.1, -0.05) is 26.0 Å². The van der Waals surface area contributed by atoms with Gasteiger partial charge in [0.25, 0.3) is 0 Å². The highest BCUT2D eigenvalue weighted by atomic mass is 14.3. The molecule has 2 rings (SSSR count). The summed E-state index contributed by atoms with van der Waals surface area (Å²) in [7, 11) is 0. The molecule has 1 aromatic rings. The van der Waals surface area contributed by atoms with Crippen molar-refractivity contribution < 1.29 is 0 Å². The minimum atomic E-state index is 0.760. The van der Waals surface area contributed by atoms with Crippen LogP contribution in [0.25, 0.3) is 0 Å². The van der Waals surface area contributed by atoms with E-state index in [1.165, 1.54) is 17.5 Å². The lowest BCUT2D eigenvalue weighted by atomic mass is 10.1. The molecule has 0 spiro atoms. The fourth-order valence-corrected chi connectivity index (χ4v) is 1.93. The number of hydrogen-bond donors (Lipinski definition) is 0. The molecule has 58 valence electrons. The Bertz CT molecular complexity index is 296. The lowest BCUT2D eigenvalue weighted by molar-refractivity contribution is 1.13. The van der Waals surface area contributed by atoms with E-state index in [1.54, 1.807) is 11.1 Å². The number of aryl methyl sites for hydroxylation is 2. The molecule has 1 aromatic carbocycles. The number of benzene rings is 1. The standard InChI is InChI=1S/C11H14/c1-4-9-5-7(2)11-8(3)10(11)6-9/h5-6,8H,4H2,1-3H3/t8-/m0/s1.